The summed E-state index contributed by atoms with van der Waals surface area (Å²) < 4.78 is 11.2. The molecule has 0 spiro atoms. The Balaban J connectivity index is 1.62. The van der Waals surface area contributed by atoms with E-state index in [4.69, 9.17) is 14.6 Å². The Labute approximate surface area is 151 Å². The number of aryl methyl sites for hydroxylation is 1. The normalized spacial score (nSPS) is 19.1. The fourth-order valence-corrected chi connectivity index (χ4v) is 2.86. The predicted octanol–water partition coefficient (Wildman–Crippen LogP) is 3.04. The summed E-state index contributed by atoms with van der Waals surface area (Å²) in [7, 11) is 0. The van der Waals surface area contributed by atoms with Gasteiger partial charge in [-0.3, -0.25) is 4.79 Å². The highest BCUT2D eigenvalue weighted by Crippen LogP contribution is 2.26. The number of carbonyl (C=O) groups excluding carboxylic acids is 1. The van der Waals surface area contributed by atoms with Gasteiger partial charge in [0, 0.05) is 12.1 Å². The van der Waals surface area contributed by atoms with E-state index >= 15 is 0 Å². The van der Waals surface area contributed by atoms with Crippen molar-refractivity contribution in [1.29, 1.82) is 0 Å². The van der Waals surface area contributed by atoms with Crippen molar-refractivity contribution in [1.82, 2.24) is 5.32 Å². The van der Waals surface area contributed by atoms with E-state index in [1.807, 2.05) is 55.5 Å². The topological polar surface area (TPSA) is 84.9 Å². The molecule has 136 valence electrons. The molecular weight excluding hydrogens is 334 g/mol. The van der Waals surface area contributed by atoms with Gasteiger partial charge in [0.1, 0.15) is 17.6 Å². The summed E-state index contributed by atoms with van der Waals surface area (Å²) in [6.45, 7) is 2.27. The number of ether oxygens (including phenoxy) is 2. The molecule has 1 heterocycles. The van der Waals surface area contributed by atoms with Crippen LogP contribution in [0.15, 0.2) is 48.5 Å². The van der Waals surface area contributed by atoms with E-state index in [0.29, 0.717) is 18.6 Å². The van der Waals surface area contributed by atoms with Crippen molar-refractivity contribution in [3.8, 4) is 11.5 Å². The second kappa shape index (κ2) is 8.01. The first-order valence-electron chi connectivity index (χ1n) is 8.51. The van der Waals surface area contributed by atoms with E-state index in [1.165, 1.54) is 0 Å². The summed E-state index contributed by atoms with van der Waals surface area (Å²) in [6.07, 6.45) is -0.867. The number of carboxylic acid groups (broad SMARTS) is 1. The zero-order chi connectivity index (χ0) is 18.5. The molecule has 2 atom stereocenters. The first kappa shape index (κ1) is 17.9. The number of hydrogen-bond acceptors (Lipinski definition) is 4. The third-order valence-corrected chi connectivity index (χ3v) is 4.23. The van der Waals surface area contributed by atoms with Gasteiger partial charge >= 0.3 is 5.97 Å². The van der Waals surface area contributed by atoms with E-state index in [2.05, 4.69) is 5.32 Å². The Kier molecular flexibility index (Phi) is 5.53. The molecule has 6 nitrogen and oxygen atoms in total. The van der Waals surface area contributed by atoms with Gasteiger partial charge in [0.15, 0.2) is 6.10 Å². The minimum atomic E-state index is -1.03. The zero-order valence-electron chi connectivity index (χ0n) is 14.5. The molecule has 2 aromatic carbocycles. The molecule has 0 radical (unpaired) electrons. The van der Waals surface area contributed by atoms with Gasteiger partial charge in [-0.2, -0.15) is 0 Å². The minimum absolute atomic E-state index is 0.276. The molecule has 1 saturated heterocycles. The Bertz CT molecular complexity index is 804. The number of carbonyl (C=O) groups is 2. The molecule has 6 heteroatoms. The molecule has 1 aliphatic heterocycles. The average Bonchev–Trinajstić information content (AvgIpc) is 3.11. The van der Waals surface area contributed by atoms with Gasteiger partial charge < -0.3 is 19.9 Å². The largest absolute Gasteiger partial charge is 0.479 e. The van der Waals surface area contributed by atoms with Crippen molar-refractivity contribution >= 4 is 11.9 Å². The maximum absolute atomic E-state index is 12.2. The van der Waals surface area contributed by atoms with Crippen molar-refractivity contribution in [2.75, 3.05) is 0 Å². The lowest BCUT2D eigenvalue weighted by Crippen LogP contribution is -2.35. The van der Waals surface area contributed by atoms with Crippen LogP contribution in [0.3, 0.4) is 0 Å². The number of nitrogens with one attached hydrogen (secondary N) is 1. The van der Waals surface area contributed by atoms with Gasteiger partial charge in [-0.1, -0.05) is 30.3 Å². The van der Waals surface area contributed by atoms with Crippen LogP contribution < -0.4 is 10.1 Å². The van der Waals surface area contributed by atoms with Gasteiger partial charge in [0.2, 0.25) is 5.91 Å². The van der Waals surface area contributed by atoms with Crippen LogP contribution in [0.2, 0.25) is 0 Å². The smallest absolute Gasteiger partial charge is 0.332 e. The summed E-state index contributed by atoms with van der Waals surface area (Å²) in [5, 5.41) is 11.7. The van der Waals surface area contributed by atoms with E-state index in [9.17, 15) is 9.59 Å². The van der Waals surface area contributed by atoms with Gasteiger partial charge in [0.25, 0.3) is 0 Å². The molecule has 0 aliphatic carbocycles. The number of rotatable bonds is 6. The summed E-state index contributed by atoms with van der Waals surface area (Å²) >= 11 is 0. The van der Waals surface area contributed by atoms with Crippen molar-refractivity contribution < 1.29 is 24.2 Å². The maximum Gasteiger partial charge on any atom is 0.332 e. The van der Waals surface area contributed by atoms with E-state index in [1.54, 1.807) is 0 Å². The number of amides is 1. The molecule has 2 N–H and O–H groups in total. The molecule has 0 bridgehead atoms. The number of aliphatic carboxylic acids is 1. The third kappa shape index (κ3) is 4.40. The fraction of sp³-hybridized carbons (Fsp3) is 0.300. The van der Waals surface area contributed by atoms with Crippen LogP contribution in [-0.4, -0.2) is 29.2 Å². The minimum Gasteiger partial charge on any atom is -0.479 e. The second-order valence-corrected chi connectivity index (χ2v) is 6.27. The van der Waals surface area contributed by atoms with Gasteiger partial charge in [-0.25, -0.2) is 4.79 Å². The first-order valence-corrected chi connectivity index (χ1v) is 8.51. The molecule has 2 aromatic rings. The van der Waals surface area contributed by atoms with Crippen molar-refractivity contribution in [3.05, 3.63) is 59.7 Å². The molecule has 1 aliphatic rings. The van der Waals surface area contributed by atoms with Crippen LogP contribution in [0, 0.1) is 6.92 Å². The number of hydrogen-bond donors (Lipinski definition) is 2. The van der Waals surface area contributed by atoms with E-state index in [0.717, 1.165) is 16.9 Å². The Hall–Kier alpha value is -2.86. The van der Waals surface area contributed by atoms with Crippen molar-refractivity contribution in [2.45, 2.75) is 38.5 Å². The zero-order valence-corrected chi connectivity index (χ0v) is 14.5. The van der Waals surface area contributed by atoms with Gasteiger partial charge in [-0.05, 0) is 43.5 Å². The fourth-order valence-electron chi connectivity index (χ4n) is 2.86. The van der Waals surface area contributed by atoms with E-state index < -0.39 is 18.2 Å². The maximum atomic E-state index is 12.2. The molecule has 1 amide bonds. The summed E-state index contributed by atoms with van der Waals surface area (Å²) in [6, 6.07) is 15.2. The summed E-state index contributed by atoms with van der Waals surface area (Å²) in [5.41, 5.74) is 1.93. The lowest BCUT2D eigenvalue weighted by molar-refractivity contribution is -0.151. The van der Waals surface area contributed by atoms with E-state index in [-0.39, 0.29) is 12.5 Å². The molecule has 1 fully saturated rings. The SMILES string of the molecule is Cc1cccc(Oc2ccccc2CNC(=O)[C@@H]2CC[C@H](C(=O)O)O2)c1. The molecular formula is C20H21NO5. The van der Waals surface area contributed by atoms with Gasteiger partial charge in [0.05, 0.1) is 0 Å². The van der Waals surface area contributed by atoms with Crippen molar-refractivity contribution in [2.24, 2.45) is 0 Å². The molecule has 0 unspecified atom stereocenters. The average molecular weight is 355 g/mol. The van der Waals surface area contributed by atoms with Crippen molar-refractivity contribution in [3.63, 3.8) is 0 Å². The second-order valence-electron chi connectivity index (χ2n) is 6.27. The Morgan fingerprint density at radius 3 is 2.65 bits per heavy atom. The van der Waals surface area contributed by atoms with Gasteiger partial charge in [-0.15, -0.1) is 0 Å². The highest BCUT2D eigenvalue weighted by molar-refractivity contribution is 5.82. The first-order chi connectivity index (χ1) is 12.5. The lowest BCUT2D eigenvalue weighted by atomic mass is 10.1. The third-order valence-electron chi connectivity index (χ3n) is 4.23. The monoisotopic (exact) mass is 355 g/mol. The lowest BCUT2D eigenvalue weighted by Gasteiger charge is -2.14. The number of benzene rings is 2. The van der Waals surface area contributed by atoms with Crippen LogP contribution in [-0.2, 0) is 20.9 Å². The standard InChI is InChI=1S/C20H21NO5/c1-13-5-4-7-15(11-13)25-16-8-3-2-6-14(16)12-21-19(22)17-9-10-18(26-17)20(23)24/h2-8,11,17-18H,9-10,12H2,1H3,(H,21,22)(H,23,24)/t17-,18+/m0/s1. The highest BCUT2D eigenvalue weighted by atomic mass is 16.5. The van der Waals surface area contributed by atoms with Crippen LogP contribution in [0.5, 0.6) is 11.5 Å². The highest BCUT2D eigenvalue weighted by Gasteiger charge is 2.34. The van der Waals surface area contributed by atoms with Crippen LogP contribution >= 0.6 is 0 Å². The predicted molar refractivity (Wildman–Crippen MR) is 95.1 cm³/mol. The Morgan fingerprint density at radius 2 is 1.92 bits per heavy atom. The molecule has 26 heavy (non-hydrogen) atoms. The molecule has 0 aromatic heterocycles. The number of carboxylic acids is 1. The van der Waals surface area contributed by atoms with Crippen LogP contribution in [0.25, 0.3) is 0 Å². The quantitative estimate of drug-likeness (QED) is 0.832. The summed E-state index contributed by atoms with van der Waals surface area (Å²) in [4.78, 5) is 23.1. The summed E-state index contributed by atoms with van der Waals surface area (Å²) in [5.74, 6) is 0.0534. The number of para-hydroxylation sites is 1. The molecule has 3 rings (SSSR count). The van der Waals surface area contributed by atoms with Crippen LogP contribution in [0.1, 0.15) is 24.0 Å². The van der Waals surface area contributed by atoms with Crippen LogP contribution in [0.4, 0.5) is 0 Å². The molecule has 0 saturated carbocycles. The Morgan fingerprint density at radius 1 is 1.15 bits per heavy atom.